The molecule has 57 heavy (non-hydrogen) atoms. The topological polar surface area (TPSA) is 133 Å². The fraction of sp³-hybridized carbons (Fsp3) is 0.435. The Kier molecular flexibility index (Phi) is 10.3. The maximum atomic E-state index is 14.9. The molecule has 3 heterocycles. The number of benzene rings is 5. The molecule has 3 aliphatic rings. The van der Waals surface area contributed by atoms with Crippen LogP contribution in [0.5, 0.6) is 0 Å². The Morgan fingerprint density at radius 1 is 0.526 bits per heavy atom. The molecule has 0 bridgehead atoms. The Morgan fingerprint density at radius 2 is 0.912 bits per heavy atom. The summed E-state index contributed by atoms with van der Waals surface area (Å²) >= 11 is -3.88. The van der Waals surface area contributed by atoms with Gasteiger partial charge in [-0.2, -0.15) is 0 Å². The van der Waals surface area contributed by atoms with Crippen molar-refractivity contribution in [3.05, 3.63) is 58.7 Å². The molecule has 8 rings (SSSR count). The Labute approximate surface area is 337 Å². The third kappa shape index (κ3) is 5.48. The van der Waals surface area contributed by atoms with E-state index in [1.165, 1.54) is 17.0 Å². The first-order valence-corrected chi connectivity index (χ1v) is 28.1. The SMILES string of the molecule is CCC[CH2][Sn]1([CH2]CCC)[c]2cc3c4c(ccc5c6ccc7c8c(c[c]1c(c2c45)c86)C(=O)N(C(CC)C(=O)NCCC)C7=O)C(=O)N(C(CC)C(=O)NCCC)C3=O. The predicted octanol–water partition coefficient (Wildman–Crippen LogP) is 7.02. The Balaban J connectivity index is 1.45. The van der Waals surface area contributed by atoms with Gasteiger partial charge in [0, 0.05) is 0 Å². The molecule has 2 unspecified atom stereocenters. The first-order chi connectivity index (χ1) is 27.6. The van der Waals surface area contributed by atoms with E-state index < -0.39 is 54.1 Å². The third-order valence-corrected chi connectivity index (χ3v) is 28.0. The summed E-state index contributed by atoms with van der Waals surface area (Å²) in [5.41, 5.74) is 1.74. The van der Waals surface area contributed by atoms with Gasteiger partial charge in [0.05, 0.1) is 0 Å². The zero-order valence-electron chi connectivity index (χ0n) is 33.9. The minimum absolute atomic E-state index is 0.287. The Hall–Kier alpha value is -4.58. The first-order valence-electron chi connectivity index (χ1n) is 21.2. The standard InChI is InChI=1S/C38H34N4O6.2C4H9.Sn/c1-5-17-39-33(43)27(7-3)41-35(45)23-13-9-19-21-11-15-25-32-26(38(48)42(37(25)47)28(8-4)34(44)40-18-6-2)16-12-22(30(21)32)20-10-14-24(36(41)46)31(23)29(19)20;2*1-3-4-2;/h9,11,13-16,27-28H,5-8,17-18H2,1-4H3,(H,39,43)(H,40,44);2*1,3-4H2,2H3;. The van der Waals surface area contributed by atoms with Gasteiger partial charge in [-0.1, -0.05) is 0 Å². The van der Waals surface area contributed by atoms with Crippen LogP contribution in [0.2, 0.25) is 8.87 Å². The molecular weight excluding hydrogens is 823 g/mol. The summed E-state index contributed by atoms with van der Waals surface area (Å²) in [6.45, 7) is 12.9. The molecule has 6 amide bonds. The summed E-state index contributed by atoms with van der Waals surface area (Å²) < 4.78 is 4.38. The number of nitrogens with one attached hydrogen (secondary N) is 2. The van der Waals surface area contributed by atoms with E-state index in [1.54, 1.807) is 12.1 Å². The Bertz CT molecular complexity index is 2390. The maximum absolute atomic E-state index is 14.9. The summed E-state index contributed by atoms with van der Waals surface area (Å²) in [5.74, 6) is -2.50. The molecule has 0 radical (unpaired) electrons. The van der Waals surface area contributed by atoms with Crippen LogP contribution < -0.4 is 17.8 Å². The van der Waals surface area contributed by atoms with Gasteiger partial charge in [0.15, 0.2) is 0 Å². The summed E-state index contributed by atoms with van der Waals surface area (Å²) in [6, 6.07) is 9.77. The van der Waals surface area contributed by atoms with Crippen molar-refractivity contribution >= 4 is 104 Å². The van der Waals surface area contributed by atoms with Crippen molar-refractivity contribution in [2.45, 2.75) is 114 Å². The average Bonchev–Trinajstić information content (AvgIpc) is 3.50. The van der Waals surface area contributed by atoms with E-state index in [2.05, 4.69) is 36.6 Å². The van der Waals surface area contributed by atoms with E-state index in [9.17, 15) is 28.8 Å². The van der Waals surface area contributed by atoms with E-state index in [0.717, 1.165) is 79.7 Å². The van der Waals surface area contributed by atoms with E-state index in [-0.39, 0.29) is 24.7 Å². The molecule has 0 spiro atoms. The molecule has 0 aromatic heterocycles. The predicted molar refractivity (Wildman–Crippen MR) is 228 cm³/mol. The third-order valence-electron chi connectivity index (χ3n) is 12.9. The van der Waals surface area contributed by atoms with Gasteiger partial charge in [0.25, 0.3) is 0 Å². The van der Waals surface area contributed by atoms with Crippen LogP contribution in [-0.4, -0.2) is 88.8 Å². The van der Waals surface area contributed by atoms with Crippen LogP contribution in [0.1, 0.15) is 134 Å². The Morgan fingerprint density at radius 3 is 1.26 bits per heavy atom. The number of amides is 6. The number of carbonyl (C=O) groups is 6. The van der Waals surface area contributed by atoms with Crippen LogP contribution in [0.4, 0.5) is 0 Å². The number of fused-ring (bicyclic) bond motifs is 1. The van der Waals surface area contributed by atoms with E-state index in [1.807, 2.05) is 39.8 Å². The van der Waals surface area contributed by atoms with Gasteiger partial charge in [-0.05, 0) is 0 Å². The number of imide groups is 2. The average molecular weight is 876 g/mol. The summed E-state index contributed by atoms with van der Waals surface area (Å²) in [4.78, 5) is 88.3. The van der Waals surface area contributed by atoms with Crippen molar-refractivity contribution < 1.29 is 28.8 Å². The van der Waals surface area contributed by atoms with Crippen molar-refractivity contribution in [3.8, 4) is 0 Å². The van der Waals surface area contributed by atoms with Crippen LogP contribution in [0, 0.1) is 0 Å². The number of hydrogen-bond donors (Lipinski definition) is 2. The first kappa shape index (κ1) is 39.3. The van der Waals surface area contributed by atoms with Crippen molar-refractivity contribution in [1.29, 1.82) is 0 Å². The van der Waals surface area contributed by atoms with E-state index >= 15 is 0 Å². The molecule has 2 atom stereocenters. The zero-order chi connectivity index (χ0) is 40.5. The van der Waals surface area contributed by atoms with Crippen molar-refractivity contribution in [1.82, 2.24) is 20.4 Å². The summed E-state index contributed by atoms with van der Waals surface area (Å²) in [7, 11) is 0. The van der Waals surface area contributed by atoms with E-state index in [4.69, 9.17) is 0 Å². The van der Waals surface area contributed by atoms with Gasteiger partial charge in [-0.3, -0.25) is 0 Å². The van der Waals surface area contributed by atoms with Gasteiger partial charge < -0.3 is 0 Å². The second-order valence-electron chi connectivity index (χ2n) is 16.2. The number of nitrogens with zero attached hydrogens (tertiary/aromatic N) is 2. The van der Waals surface area contributed by atoms with Crippen LogP contribution in [-0.2, 0) is 9.59 Å². The molecule has 3 aliphatic heterocycles. The molecule has 0 fully saturated rings. The molecule has 2 N–H and O–H groups in total. The molecule has 5 aromatic carbocycles. The van der Waals surface area contributed by atoms with Gasteiger partial charge in [0.1, 0.15) is 0 Å². The number of rotatable bonds is 16. The molecule has 11 heteroatoms. The van der Waals surface area contributed by atoms with Gasteiger partial charge in [0.2, 0.25) is 0 Å². The van der Waals surface area contributed by atoms with Gasteiger partial charge in [-0.25, -0.2) is 0 Å². The molecule has 10 nitrogen and oxygen atoms in total. The minimum atomic E-state index is -3.88. The van der Waals surface area contributed by atoms with Crippen LogP contribution in [0.3, 0.4) is 0 Å². The van der Waals surface area contributed by atoms with Crippen LogP contribution >= 0.6 is 0 Å². The zero-order valence-corrected chi connectivity index (χ0v) is 36.8. The number of hydrogen-bond acceptors (Lipinski definition) is 6. The normalized spacial score (nSPS) is 16.6. The van der Waals surface area contributed by atoms with Gasteiger partial charge >= 0.3 is 339 Å². The summed E-state index contributed by atoms with van der Waals surface area (Å²) in [6.07, 6.45) is 5.98. The van der Waals surface area contributed by atoms with Crippen molar-refractivity contribution in [2.75, 3.05) is 13.1 Å². The molecule has 0 saturated heterocycles. The quantitative estimate of drug-likeness (QED) is 0.0475. The molecule has 0 saturated carbocycles. The number of unbranched alkanes of at least 4 members (excludes halogenated alkanes) is 2. The van der Waals surface area contributed by atoms with Crippen molar-refractivity contribution in [3.63, 3.8) is 0 Å². The monoisotopic (exact) mass is 876 g/mol. The van der Waals surface area contributed by atoms with Gasteiger partial charge in [-0.15, -0.1) is 0 Å². The van der Waals surface area contributed by atoms with E-state index in [0.29, 0.717) is 46.1 Å². The van der Waals surface area contributed by atoms with Crippen molar-refractivity contribution in [2.24, 2.45) is 0 Å². The second-order valence-corrected chi connectivity index (χ2v) is 28.3. The molecular formula is C46H52N4O6Sn. The fourth-order valence-electron chi connectivity index (χ4n) is 10.3. The van der Waals surface area contributed by atoms with Crippen LogP contribution in [0.25, 0.3) is 43.1 Å². The molecule has 0 aliphatic carbocycles. The number of carbonyl (C=O) groups excluding carboxylic acids is 6. The molecule has 296 valence electrons. The second kappa shape index (κ2) is 15.0. The summed E-state index contributed by atoms with van der Waals surface area (Å²) in [5, 5.41) is 12.7. The fourth-order valence-corrected chi connectivity index (χ4v) is 26.9. The van der Waals surface area contributed by atoms with Crippen LogP contribution in [0.15, 0.2) is 36.4 Å². The molecule has 5 aromatic rings.